The average Bonchev–Trinajstić information content (AvgIpc) is 3.02. The molecular formula is C37H65N3O5Si2. The summed E-state index contributed by atoms with van der Waals surface area (Å²) in [6.45, 7) is 24.4. The molecule has 0 unspecified atom stereocenters. The molecular weight excluding hydrogens is 623 g/mol. The maximum Gasteiger partial charge on any atom is 0.192 e. The number of methoxy groups -OCH3 is 1. The van der Waals surface area contributed by atoms with Crippen molar-refractivity contribution in [1.29, 1.82) is 0 Å². The van der Waals surface area contributed by atoms with E-state index in [0.717, 1.165) is 17.7 Å². The second-order valence-electron chi connectivity index (χ2n) is 15.1. The Labute approximate surface area is 288 Å². The van der Waals surface area contributed by atoms with Crippen molar-refractivity contribution in [2.24, 2.45) is 22.9 Å². The van der Waals surface area contributed by atoms with Crippen LogP contribution in [0, 0.1) is 29.2 Å². The minimum Gasteiger partial charge on any atom is -0.497 e. The number of Topliss-reactive ketones (excluding diaryl/α,β-unsaturated/α-hetero) is 1. The van der Waals surface area contributed by atoms with E-state index in [0.29, 0.717) is 26.0 Å². The van der Waals surface area contributed by atoms with Gasteiger partial charge in [-0.15, -0.1) is 11.5 Å². The van der Waals surface area contributed by atoms with Crippen LogP contribution < -0.4 is 4.74 Å². The number of benzene rings is 1. The van der Waals surface area contributed by atoms with E-state index in [-0.39, 0.29) is 35.0 Å². The van der Waals surface area contributed by atoms with Gasteiger partial charge in [-0.3, -0.25) is 4.79 Å². The topological polar surface area (TPSA) is 114 Å². The normalized spacial score (nSPS) is 16.1. The zero-order valence-electron chi connectivity index (χ0n) is 31.6. The standard InChI is InChI=1S/C37H65N3O5Si2/c1-13-47(14-2,15-3)22-16-17-28(4)24-35(44-27-31-18-20-32(43-10)21-19-31)36(45-46(11,12)37(7,8)9)34(42)25-33(41)30(6)23-29(5)26-39-40-38/h18-21,28-30,34-36,42H,13-15,17,23-27H2,1-12H3/t28-,29-,30+,34+,35-,36+/m0/s1. The number of azide groups is 1. The van der Waals surface area contributed by atoms with Crippen LogP contribution in [0.5, 0.6) is 5.75 Å². The lowest BCUT2D eigenvalue weighted by atomic mass is 9.88. The Morgan fingerprint density at radius 2 is 1.62 bits per heavy atom. The van der Waals surface area contributed by atoms with E-state index in [1.807, 2.05) is 38.1 Å². The third-order valence-electron chi connectivity index (χ3n) is 10.2. The third kappa shape index (κ3) is 14.5. The van der Waals surface area contributed by atoms with Gasteiger partial charge in [0.1, 0.15) is 19.6 Å². The van der Waals surface area contributed by atoms with Gasteiger partial charge in [0.15, 0.2) is 8.32 Å². The summed E-state index contributed by atoms with van der Waals surface area (Å²) in [4.78, 5) is 16.3. The molecule has 0 amide bonds. The maximum atomic E-state index is 13.5. The molecule has 0 aromatic heterocycles. The largest absolute Gasteiger partial charge is 0.497 e. The van der Waals surface area contributed by atoms with Gasteiger partial charge in [0.2, 0.25) is 0 Å². The van der Waals surface area contributed by atoms with Crippen molar-refractivity contribution in [2.45, 2.75) is 149 Å². The molecule has 8 nitrogen and oxygen atoms in total. The minimum atomic E-state index is -2.39. The van der Waals surface area contributed by atoms with E-state index in [1.165, 1.54) is 18.1 Å². The number of nitrogens with zero attached hydrogens (tertiary/aromatic N) is 3. The number of hydrogen-bond acceptors (Lipinski definition) is 6. The van der Waals surface area contributed by atoms with Crippen molar-refractivity contribution in [3.05, 3.63) is 40.3 Å². The van der Waals surface area contributed by atoms with E-state index in [9.17, 15) is 9.90 Å². The van der Waals surface area contributed by atoms with Crippen molar-refractivity contribution in [2.75, 3.05) is 13.7 Å². The van der Waals surface area contributed by atoms with E-state index >= 15 is 0 Å². The number of aliphatic hydroxyl groups excluding tert-OH is 1. The van der Waals surface area contributed by atoms with Gasteiger partial charge in [0.05, 0.1) is 32.0 Å². The molecule has 47 heavy (non-hydrogen) atoms. The SMILES string of the molecule is CC[Si](C#CC[C@H](C)C[C@H](OCc1ccc(OC)cc1)[C@H](O[Si](C)(C)C(C)(C)C)[C@H](O)CC(=O)[C@H](C)C[C@H](C)CN=[N+]=[N-])(CC)CC. The van der Waals surface area contributed by atoms with E-state index in [1.54, 1.807) is 7.11 Å². The second-order valence-corrected chi connectivity index (χ2v) is 24.8. The summed E-state index contributed by atoms with van der Waals surface area (Å²) in [5.41, 5.74) is 13.4. The van der Waals surface area contributed by atoms with Gasteiger partial charge in [0, 0.05) is 30.2 Å². The van der Waals surface area contributed by atoms with Crippen molar-refractivity contribution >= 4 is 22.2 Å². The second kappa shape index (κ2) is 20.4. The lowest BCUT2D eigenvalue weighted by Crippen LogP contribution is -2.52. The fourth-order valence-corrected chi connectivity index (χ4v) is 9.41. The fourth-order valence-electron chi connectivity index (χ4n) is 5.56. The van der Waals surface area contributed by atoms with Crippen molar-refractivity contribution in [3.8, 4) is 17.2 Å². The summed E-state index contributed by atoms with van der Waals surface area (Å²) in [6, 6.07) is 11.3. The van der Waals surface area contributed by atoms with Crippen LogP contribution in [0.2, 0.25) is 36.3 Å². The molecule has 0 aliphatic heterocycles. The lowest BCUT2D eigenvalue weighted by molar-refractivity contribution is -0.131. The number of hydrogen-bond donors (Lipinski definition) is 1. The average molecular weight is 688 g/mol. The smallest absolute Gasteiger partial charge is 0.192 e. The highest BCUT2D eigenvalue weighted by Gasteiger charge is 2.44. The van der Waals surface area contributed by atoms with E-state index in [2.05, 4.69) is 83.1 Å². The Balaban J connectivity index is 3.43. The fraction of sp³-hybridized carbons (Fsp3) is 0.757. The van der Waals surface area contributed by atoms with Gasteiger partial charge in [-0.2, -0.15) is 0 Å². The molecule has 0 bridgehead atoms. The highest BCUT2D eigenvalue weighted by molar-refractivity contribution is 6.87. The molecule has 0 saturated heterocycles. The molecule has 1 aromatic carbocycles. The number of carbonyl (C=O) groups is 1. The molecule has 0 heterocycles. The third-order valence-corrected chi connectivity index (χ3v) is 19.5. The molecule has 0 aliphatic rings. The molecule has 1 aromatic rings. The number of aliphatic hydroxyl groups is 1. The highest BCUT2D eigenvalue weighted by Crippen LogP contribution is 2.39. The Morgan fingerprint density at radius 1 is 1.02 bits per heavy atom. The molecule has 0 saturated carbocycles. The van der Waals surface area contributed by atoms with Gasteiger partial charge < -0.3 is 19.0 Å². The van der Waals surface area contributed by atoms with Crippen molar-refractivity contribution in [1.82, 2.24) is 0 Å². The molecule has 0 aliphatic carbocycles. The monoisotopic (exact) mass is 687 g/mol. The van der Waals surface area contributed by atoms with Crippen LogP contribution in [0.15, 0.2) is 29.4 Å². The summed E-state index contributed by atoms with van der Waals surface area (Å²) in [5.74, 6) is 4.29. The first-order valence-electron chi connectivity index (χ1n) is 17.6. The first kappa shape index (κ1) is 42.9. The van der Waals surface area contributed by atoms with E-state index < -0.39 is 34.7 Å². The van der Waals surface area contributed by atoms with Crippen LogP contribution in [-0.2, 0) is 20.6 Å². The highest BCUT2D eigenvalue weighted by atomic mass is 28.4. The van der Waals surface area contributed by atoms with Crippen LogP contribution in [-0.4, -0.2) is 59.2 Å². The van der Waals surface area contributed by atoms with Crippen LogP contribution >= 0.6 is 0 Å². The Hall–Kier alpha value is -2.13. The molecule has 1 rings (SSSR count). The first-order valence-corrected chi connectivity index (χ1v) is 23.1. The number of carbonyl (C=O) groups excluding carboxylic acids is 1. The molecule has 6 atom stereocenters. The summed E-state index contributed by atoms with van der Waals surface area (Å²) in [6.07, 6.45) is -0.211. The summed E-state index contributed by atoms with van der Waals surface area (Å²) < 4.78 is 19.0. The number of rotatable bonds is 21. The molecule has 10 heteroatoms. The summed E-state index contributed by atoms with van der Waals surface area (Å²) >= 11 is 0. The van der Waals surface area contributed by atoms with Gasteiger partial charge in [-0.25, -0.2) is 0 Å². The van der Waals surface area contributed by atoms with Crippen LogP contribution in [0.3, 0.4) is 0 Å². The number of ether oxygens (including phenoxy) is 2. The molecule has 0 radical (unpaired) electrons. The minimum absolute atomic E-state index is 0.0249. The zero-order chi connectivity index (χ0) is 35.8. The molecule has 0 spiro atoms. The summed E-state index contributed by atoms with van der Waals surface area (Å²) in [5, 5.41) is 15.4. The predicted octanol–water partition coefficient (Wildman–Crippen LogP) is 9.73. The van der Waals surface area contributed by atoms with Crippen molar-refractivity contribution < 1.29 is 23.8 Å². The zero-order valence-corrected chi connectivity index (χ0v) is 33.6. The molecule has 0 fully saturated rings. The van der Waals surface area contributed by atoms with Gasteiger partial charge >= 0.3 is 0 Å². The first-order chi connectivity index (χ1) is 22.0. The van der Waals surface area contributed by atoms with Crippen LogP contribution in [0.4, 0.5) is 0 Å². The molecule has 1 N–H and O–H groups in total. The van der Waals surface area contributed by atoms with Gasteiger partial charge in [-0.1, -0.05) is 79.6 Å². The lowest BCUT2D eigenvalue weighted by Gasteiger charge is -2.43. The van der Waals surface area contributed by atoms with Gasteiger partial charge in [-0.05, 0) is 84.2 Å². The van der Waals surface area contributed by atoms with E-state index in [4.69, 9.17) is 19.4 Å². The maximum absolute atomic E-state index is 13.5. The Bertz CT molecular complexity index is 1170. The predicted molar refractivity (Wildman–Crippen MR) is 200 cm³/mol. The summed E-state index contributed by atoms with van der Waals surface area (Å²) in [7, 11) is -2.30. The molecule has 266 valence electrons. The number of ketones is 1. The van der Waals surface area contributed by atoms with Crippen LogP contribution in [0.1, 0.15) is 93.6 Å². The van der Waals surface area contributed by atoms with Crippen LogP contribution in [0.25, 0.3) is 10.4 Å². The Morgan fingerprint density at radius 3 is 2.13 bits per heavy atom. The quantitative estimate of drug-likeness (QED) is 0.0454. The van der Waals surface area contributed by atoms with Crippen molar-refractivity contribution in [3.63, 3.8) is 0 Å². The van der Waals surface area contributed by atoms with Gasteiger partial charge in [0.25, 0.3) is 0 Å². The Kier molecular flexibility index (Phi) is 18.6.